The predicted octanol–water partition coefficient (Wildman–Crippen LogP) is 2.10. The van der Waals surface area contributed by atoms with Crippen LogP contribution in [0, 0.1) is 0 Å². The summed E-state index contributed by atoms with van der Waals surface area (Å²) in [6.07, 6.45) is -2.31. The van der Waals surface area contributed by atoms with E-state index in [0.717, 1.165) is 25.9 Å². The molecule has 1 aliphatic heterocycles. The molecule has 2 heterocycles. The summed E-state index contributed by atoms with van der Waals surface area (Å²) < 4.78 is 36.2. The first-order valence-corrected chi connectivity index (χ1v) is 5.79. The molecule has 0 aliphatic carbocycles. The molecule has 1 aromatic rings. The molecule has 0 spiro atoms. The van der Waals surface area contributed by atoms with Gasteiger partial charge in [0.2, 0.25) is 17.2 Å². The molecule has 1 saturated heterocycles. The van der Waals surface area contributed by atoms with Crippen molar-refractivity contribution in [2.24, 2.45) is 0 Å². The number of hydrogen-bond acceptors (Lipinski definition) is 5. The van der Waals surface area contributed by atoms with E-state index in [2.05, 4.69) is 20.3 Å². The fraction of sp³-hybridized carbons (Fsp3) is 0.667. The van der Waals surface area contributed by atoms with Crippen molar-refractivity contribution in [2.45, 2.75) is 19.0 Å². The third-order valence-electron chi connectivity index (χ3n) is 2.43. The minimum atomic E-state index is -4.33. The SMILES string of the molecule is FC(F)(F)CNc1nc(Cl)nc(N2CCCC2)n1. The van der Waals surface area contributed by atoms with Gasteiger partial charge in [-0.2, -0.15) is 28.1 Å². The Bertz CT molecular complexity index is 419. The van der Waals surface area contributed by atoms with Crippen molar-refractivity contribution >= 4 is 23.5 Å². The fourth-order valence-electron chi connectivity index (χ4n) is 1.66. The highest BCUT2D eigenvalue weighted by Gasteiger charge is 2.27. The Morgan fingerprint density at radius 2 is 1.83 bits per heavy atom. The summed E-state index contributed by atoms with van der Waals surface area (Å²) in [6, 6.07) is 0. The van der Waals surface area contributed by atoms with Gasteiger partial charge in [-0.15, -0.1) is 0 Å². The van der Waals surface area contributed by atoms with Crippen molar-refractivity contribution in [2.75, 3.05) is 29.9 Å². The molecule has 1 N–H and O–H groups in total. The van der Waals surface area contributed by atoms with E-state index < -0.39 is 12.7 Å². The summed E-state index contributed by atoms with van der Waals surface area (Å²) in [5.74, 6) is 0.159. The van der Waals surface area contributed by atoms with Gasteiger partial charge >= 0.3 is 6.18 Å². The summed E-state index contributed by atoms with van der Waals surface area (Å²) in [5, 5.41) is 1.98. The Balaban J connectivity index is 2.10. The van der Waals surface area contributed by atoms with Crippen LogP contribution in [-0.4, -0.2) is 40.8 Å². The van der Waals surface area contributed by atoms with Gasteiger partial charge in [0, 0.05) is 13.1 Å². The molecular formula is C9H11ClF3N5. The first-order valence-electron chi connectivity index (χ1n) is 5.41. The van der Waals surface area contributed by atoms with Crippen LogP contribution in [0.25, 0.3) is 0 Å². The van der Waals surface area contributed by atoms with Crippen LogP contribution in [0.1, 0.15) is 12.8 Å². The summed E-state index contributed by atoms with van der Waals surface area (Å²) in [7, 11) is 0. The zero-order valence-electron chi connectivity index (χ0n) is 9.34. The number of alkyl halides is 3. The molecule has 0 atom stereocenters. The van der Waals surface area contributed by atoms with Crippen LogP contribution in [0.4, 0.5) is 25.1 Å². The molecule has 1 aromatic heterocycles. The highest BCUT2D eigenvalue weighted by atomic mass is 35.5. The first-order chi connectivity index (χ1) is 8.44. The molecule has 1 fully saturated rings. The highest BCUT2D eigenvalue weighted by Crippen LogP contribution is 2.20. The van der Waals surface area contributed by atoms with Crippen LogP contribution in [-0.2, 0) is 0 Å². The van der Waals surface area contributed by atoms with Crippen LogP contribution >= 0.6 is 11.6 Å². The molecular weight excluding hydrogens is 271 g/mol. The van der Waals surface area contributed by atoms with Crippen molar-refractivity contribution in [3.8, 4) is 0 Å². The van der Waals surface area contributed by atoms with Crippen molar-refractivity contribution in [3.05, 3.63) is 5.28 Å². The number of nitrogens with zero attached hydrogens (tertiary/aromatic N) is 4. The average Bonchev–Trinajstić information content (AvgIpc) is 2.78. The van der Waals surface area contributed by atoms with E-state index in [0.29, 0.717) is 5.95 Å². The van der Waals surface area contributed by atoms with Gasteiger partial charge in [0.05, 0.1) is 0 Å². The number of rotatable bonds is 3. The fourth-order valence-corrected chi connectivity index (χ4v) is 1.81. The van der Waals surface area contributed by atoms with Crippen molar-refractivity contribution in [3.63, 3.8) is 0 Å². The smallest absolute Gasteiger partial charge is 0.345 e. The van der Waals surface area contributed by atoms with E-state index in [1.54, 1.807) is 0 Å². The first kappa shape index (κ1) is 13.1. The van der Waals surface area contributed by atoms with E-state index in [9.17, 15) is 13.2 Å². The van der Waals surface area contributed by atoms with Crippen LogP contribution in [0.3, 0.4) is 0 Å². The third kappa shape index (κ3) is 3.59. The number of aromatic nitrogens is 3. The molecule has 5 nitrogen and oxygen atoms in total. The predicted molar refractivity (Wildman–Crippen MR) is 60.8 cm³/mol. The number of hydrogen-bond donors (Lipinski definition) is 1. The second-order valence-electron chi connectivity index (χ2n) is 3.89. The van der Waals surface area contributed by atoms with Gasteiger partial charge < -0.3 is 10.2 Å². The summed E-state index contributed by atoms with van der Waals surface area (Å²) >= 11 is 5.67. The lowest BCUT2D eigenvalue weighted by Gasteiger charge is -2.16. The standard InChI is InChI=1S/C9H11ClF3N5/c10-6-15-7(14-5-9(11,12)13)17-8(16-6)18-3-1-2-4-18/h1-5H2,(H,14,15,16,17). The molecule has 0 bridgehead atoms. The maximum absolute atomic E-state index is 12.1. The summed E-state index contributed by atoms with van der Waals surface area (Å²) in [6.45, 7) is 0.352. The Labute approximate surface area is 106 Å². The summed E-state index contributed by atoms with van der Waals surface area (Å²) in [4.78, 5) is 13.3. The van der Waals surface area contributed by atoms with Crippen LogP contribution < -0.4 is 10.2 Å². The van der Waals surface area contributed by atoms with E-state index in [1.807, 2.05) is 4.90 Å². The van der Waals surface area contributed by atoms with Crippen LogP contribution in [0.15, 0.2) is 0 Å². The zero-order chi connectivity index (χ0) is 13.2. The topological polar surface area (TPSA) is 53.9 Å². The Morgan fingerprint density at radius 3 is 2.44 bits per heavy atom. The monoisotopic (exact) mass is 281 g/mol. The van der Waals surface area contributed by atoms with E-state index in [4.69, 9.17) is 11.6 Å². The van der Waals surface area contributed by atoms with Gasteiger partial charge in [0.25, 0.3) is 0 Å². The molecule has 18 heavy (non-hydrogen) atoms. The van der Waals surface area contributed by atoms with Crippen LogP contribution in [0.2, 0.25) is 5.28 Å². The van der Waals surface area contributed by atoms with Crippen LogP contribution in [0.5, 0.6) is 0 Å². The molecule has 0 radical (unpaired) electrons. The van der Waals surface area contributed by atoms with E-state index in [1.165, 1.54) is 0 Å². The minimum absolute atomic E-state index is 0.114. The zero-order valence-corrected chi connectivity index (χ0v) is 10.1. The number of halogens is 4. The second-order valence-corrected chi connectivity index (χ2v) is 4.23. The highest BCUT2D eigenvalue weighted by molar-refractivity contribution is 6.28. The number of nitrogens with one attached hydrogen (secondary N) is 1. The van der Waals surface area contributed by atoms with Gasteiger partial charge in [0.1, 0.15) is 6.54 Å². The normalized spacial score (nSPS) is 16.1. The quantitative estimate of drug-likeness (QED) is 0.919. The lowest BCUT2D eigenvalue weighted by Crippen LogP contribution is -2.25. The molecule has 9 heteroatoms. The van der Waals surface area contributed by atoms with Crippen molar-refractivity contribution in [1.82, 2.24) is 15.0 Å². The average molecular weight is 282 g/mol. The molecule has 100 valence electrons. The second kappa shape index (κ2) is 5.13. The van der Waals surface area contributed by atoms with Gasteiger partial charge in [0.15, 0.2) is 0 Å². The maximum Gasteiger partial charge on any atom is 0.405 e. The molecule has 1 aliphatic rings. The van der Waals surface area contributed by atoms with Gasteiger partial charge in [-0.1, -0.05) is 0 Å². The Kier molecular flexibility index (Phi) is 3.74. The van der Waals surface area contributed by atoms with Crippen molar-refractivity contribution < 1.29 is 13.2 Å². The minimum Gasteiger partial charge on any atom is -0.345 e. The summed E-state index contributed by atoms with van der Waals surface area (Å²) in [5.41, 5.74) is 0. The molecule has 0 aromatic carbocycles. The van der Waals surface area contributed by atoms with Gasteiger partial charge in [-0.25, -0.2) is 0 Å². The largest absolute Gasteiger partial charge is 0.405 e. The van der Waals surface area contributed by atoms with E-state index >= 15 is 0 Å². The Hall–Kier alpha value is -1.31. The molecule has 2 rings (SSSR count). The molecule has 0 unspecified atom stereocenters. The lowest BCUT2D eigenvalue weighted by atomic mass is 10.4. The van der Waals surface area contributed by atoms with Crippen molar-refractivity contribution in [1.29, 1.82) is 0 Å². The molecule has 0 amide bonds. The number of anilines is 2. The Morgan fingerprint density at radius 1 is 1.17 bits per heavy atom. The van der Waals surface area contributed by atoms with Gasteiger partial charge in [-0.3, -0.25) is 0 Å². The maximum atomic E-state index is 12.1. The van der Waals surface area contributed by atoms with E-state index in [-0.39, 0.29) is 11.2 Å². The lowest BCUT2D eigenvalue weighted by molar-refractivity contribution is -0.115. The van der Waals surface area contributed by atoms with Gasteiger partial charge in [-0.05, 0) is 24.4 Å². The third-order valence-corrected chi connectivity index (χ3v) is 2.60. The molecule has 0 saturated carbocycles.